The Bertz CT molecular complexity index is 1350. The molecule has 4 rings (SSSR count). The Kier molecular flexibility index (Phi) is 7.79. The van der Waals surface area contributed by atoms with Crippen molar-refractivity contribution in [3.63, 3.8) is 0 Å². The zero-order chi connectivity index (χ0) is 23.9. The lowest BCUT2D eigenvalue weighted by molar-refractivity contribution is -0.115. The van der Waals surface area contributed by atoms with E-state index in [-0.39, 0.29) is 5.91 Å². The molecule has 4 nitrogen and oxygen atoms in total. The van der Waals surface area contributed by atoms with Gasteiger partial charge < -0.3 is 5.32 Å². The molecule has 0 unspecified atom stereocenters. The molecule has 1 N–H and O–H groups in total. The van der Waals surface area contributed by atoms with Crippen LogP contribution in [0, 0.1) is 18.3 Å². The summed E-state index contributed by atoms with van der Waals surface area (Å²) < 4.78 is 0.836. The van der Waals surface area contributed by atoms with Crippen LogP contribution in [0.15, 0.2) is 94.4 Å². The van der Waals surface area contributed by atoms with Crippen molar-refractivity contribution in [3.05, 3.63) is 101 Å². The predicted molar refractivity (Wildman–Crippen MR) is 143 cm³/mol. The highest BCUT2D eigenvalue weighted by Crippen LogP contribution is 2.34. The Morgan fingerprint density at radius 2 is 1.71 bits per heavy atom. The van der Waals surface area contributed by atoms with Crippen LogP contribution in [0.4, 0.5) is 5.69 Å². The molecular weight excluding hydrogens is 506 g/mol. The van der Waals surface area contributed by atoms with E-state index < -0.39 is 0 Å². The van der Waals surface area contributed by atoms with Crippen LogP contribution in [0.2, 0.25) is 0 Å². The summed E-state index contributed by atoms with van der Waals surface area (Å²) in [6, 6.07) is 29.9. The summed E-state index contributed by atoms with van der Waals surface area (Å²) in [7, 11) is 0. The predicted octanol–water partition coefficient (Wildman–Crippen LogP) is 7.48. The maximum Gasteiger partial charge on any atom is 0.225 e. The minimum Gasteiger partial charge on any atom is -0.325 e. The third-order valence-corrected chi connectivity index (χ3v) is 6.91. The standard InChI is InChI=1S/C28H22BrN3OS/c1-19-11-13-20(14-12-19)22-17-26(21-7-3-2-4-8-21)32-28(23(22)18-30)34-16-15-27(33)31-25-10-6-5-9-24(25)29/h2-14,17H,15-16H2,1H3,(H,31,33). The Hall–Kier alpha value is -3.40. The molecule has 1 aromatic heterocycles. The summed E-state index contributed by atoms with van der Waals surface area (Å²) in [6.07, 6.45) is 0.300. The maximum absolute atomic E-state index is 12.5. The monoisotopic (exact) mass is 527 g/mol. The fourth-order valence-electron chi connectivity index (χ4n) is 3.47. The molecule has 168 valence electrons. The molecule has 0 bridgehead atoms. The smallest absolute Gasteiger partial charge is 0.225 e. The average molecular weight is 528 g/mol. The lowest BCUT2D eigenvalue weighted by atomic mass is 9.98. The molecule has 6 heteroatoms. The van der Waals surface area contributed by atoms with E-state index >= 15 is 0 Å². The Morgan fingerprint density at radius 1 is 1.00 bits per heavy atom. The lowest BCUT2D eigenvalue weighted by Crippen LogP contribution is -2.12. The number of pyridine rings is 1. The van der Waals surface area contributed by atoms with Gasteiger partial charge in [0.05, 0.1) is 16.9 Å². The number of hydrogen-bond acceptors (Lipinski definition) is 4. The summed E-state index contributed by atoms with van der Waals surface area (Å²) >= 11 is 4.88. The van der Waals surface area contributed by atoms with Crippen LogP contribution in [0.3, 0.4) is 0 Å². The van der Waals surface area contributed by atoms with Crippen LogP contribution in [-0.2, 0) is 4.79 Å². The normalized spacial score (nSPS) is 10.5. The van der Waals surface area contributed by atoms with Crippen molar-refractivity contribution in [2.24, 2.45) is 0 Å². The molecule has 0 spiro atoms. The zero-order valence-electron chi connectivity index (χ0n) is 18.6. The molecule has 0 atom stereocenters. The van der Waals surface area contributed by atoms with Gasteiger partial charge in [-0.1, -0.05) is 72.3 Å². The number of aryl methyl sites for hydroxylation is 1. The first kappa shape index (κ1) is 23.7. The molecule has 4 aromatic rings. The second-order valence-corrected chi connectivity index (χ2v) is 9.64. The number of hydrogen-bond donors (Lipinski definition) is 1. The van der Waals surface area contributed by atoms with Crippen molar-refractivity contribution in [3.8, 4) is 28.5 Å². The van der Waals surface area contributed by atoms with Crippen LogP contribution in [0.25, 0.3) is 22.4 Å². The maximum atomic E-state index is 12.5. The fourth-order valence-corrected chi connectivity index (χ4v) is 4.79. The number of para-hydroxylation sites is 1. The Balaban J connectivity index is 1.61. The van der Waals surface area contributed by atoms with Crippen molar-refractivity contribution < 1.29 is 4.79 Å². The summed E-state index contributed by atoms with van der Waals surface area (Å²) in [4.78, 5) is 17.3. The van der Waals surface area contributed by atoms with E-state index in [1.807, 2.05) is 91.9 Å². The molecular formula is C28H22BrN3OS. The highest BCUT2D eigenvalue weighted by Gasteiger charge is 2.16. The van der Waals surface area contributed by atoms with Crippen LogP contribution < -0.4 is 5.32 Å². The quantitative estimate of drug-likeness (QED) is 0.253. The van der Waals surface area contributed by atoms with Crippen LogP contribution >= 0.6 is 27.7 Å². The lowest BCUT2D eigenvalue weighted by Gasteiger charge is -2.13. The second-order valence-electron chi connectivity index (χ2n) is 7.71. The van der Waals surface area contributed by atoms with Gasteiger partial charge >= 0.3 is 0 Å². The number of aromatic nitrogens is 1. The van der Waals surface area contributed by atoms with Gasteiger partial charge in [-0.3, -0.25) is 4.79 Å². The number of nitriles is 1. The van der Waals surface area contributed by atoms with E-state index in [0.29, 0.717) is 22.8 Å². The summed E-state index contributed by atoms with van der Waals surface area (Å²) in [6.45, 7) is 2.04. The van der Waals surface area contributed by atoms with E-state index in [9.17, 15) is 10.1 Å². The third kappa shape index (κ3) is 5.74. The van der Waals surface area contributed by atoms with Crippen molar-refractivity contribution in [2.45, 2.75) is 18.4 Å². The number of benzene rings is 3. The first-order valence-electron chi connectivity index (χ1n) is 10.8. The molecule has 1 amide bonds. The molecule has 1 heterocycles. The first-order chi connectivity index (χ1) is 16.5. The van der Waals surface area contributed by atoms with Gasteiger partial charge in [-0.25, -0.2) is 4.98 Å². The minimum atomic E-state index is -0.0871. The topological polar surface area (TPSA) is 65.8 Å². The average Bonchev–Trinajstić information content (AvgIpc) is 2.86. The highest BCUT2D eigenvalue weighted by molar-refractivity contribution is 9.10. The first-order valence-corrected chi connectivity index (χ1v) is 12.6. The van der Waals surface area contributed by atoms with Crippen molar-refractivity contribution >= 4 is 39.3 Å². The van der Waals surface area contributed by atoms with Gasteiger partial charge in [0.1, 0.15) is 11.1 Å². The molecule has 0 radical (unpaired) electrons. The van der Waals surface area contributed by atoms with E-state index in [2.05, 4.69) is 27.3 Å². The highest BCUT2D eigenvalue weighted by atomic mass is 79.9. The van der Waals surface area contributed by atoms with Gasteiger partial charge in [0.25, 0.3) is 0 Å². The Morgan fingerprint density at radius 3 is 2.41 bits per heavy atom. The number of carbonyl (C=O) groups is 1. The number of rotatable bonds is 7. The number of anilines is 1. The van der Waals surface area contributed by atoms with Gasteiger partial charge in [0.15, 0.2) is 0 Å². The van der Waals surface area contributed by atoms with E-state index in [0.717, 1.165) is 38.1 Å². The molecule has 0 aliphatic heterocycles. The molecule has 3 aromatic carbocycles. The summed E-state index contributed by atoms with van der Waals surface area (Å²) in [5.74, 6) is 0.416. The number of halogens is 1. The summed E-state index contributed by atoms with van der Waals surface area (Å²) in [5.41, 5.74) is 6.02. The number of thioether (sulfide) groups is 1. The van der Waals surface area contributed by atoms with Gasteiger partial charge in [-0.2, -0.15) is 5.26 Å². The van der Waals surface area contributed by atoms with Crippen LogP contribution in [0.1, 0.15) is 17.5 Å². The molecule has 0 aliphatic carbocycles. The number of nitrogens with one attached hydrogen (secondary N) is 1. The fraction of sp³-hybridized carbons (Fsp3) is 0.107. The Labute approximate surface area is 212 Å². The number of carbonyl (C=O) groups excluding carboxylic acids is 1. The zero-order valence-corrected chi connectivity index (χ0v) is 21.0. The minimum absolute atomic E-state index is 0.0871. The summed E-state index contributed by atoms with van der Waals surface area (Å²) in [5, 5.41) is 13.6. The van der Waals surface area contributed by atoms with E-state index in [4.69, 9.17) is 4.98 Å². The SMILES string of the molecule is Cc1ccc(-c2cc(-c3ccccc3)nc(SCCC(=O)Nc3ccccc3Br)c2C#N)cc1. The number of nitrogens with zero attached hydrogens (tertiary/aromatic N) is 2. The molecule has 34 heavy (non-hydrogen) atoms. The van der Waals surface area contributed by atoms with Crippen LogP contribution in [-0.4, -0.2) is 16.6 Å². The third-order valence-electron chi connectivity index (χ3n) is 5.25. The van der Waals surface area contributed by atoms with Gasteiger partial charge in [-0.15, -0.1) is 11.8 Å². The van der Waals surface area contributed by atoms with Gasteiger partial charge in [0, 0.05) is 27.8 Å². The largest absolute Gasteiger partial charge is 0.325 e. The van der Waals surface area contributed by atoms with E-state index in [1.165, 1.54) is 11.8 Å². The van der Waals surface area contributed by atoms with Gasteiger partial charge in [-0.05, 0) is 46.6 Å². The van der Waals surface area contributed by atoms with E-state index in [1.54, 1.807) is 0 Å². The van der Waals surface area contributed by atoms with Crippen molar-refractivity contribution in [1.82, 2.24) is 4.98 Å². The van der Waals surface area contributed by atoms with Gasteiger partial charge in [0.2, 0.25) is 5.91 Å². The molecule has 0 fully saturated rings. The second kappa shape index (κ2) is 11.1. The molecule has 0 saturated heterocycles. The van der Waals surface area contributed by atoms with Crippen molar-refractivity contribution in [1.29, 1.82) is 5.26 Å². The molecule has 0 aliphatic rings. The number of amides is 1. The molecule has 0 saturated carbocycles. The van der Waals surface area contributed by atoms with Crippen molar-refractivity contribution in [2.75, 3.05) is 11.1 Å². The van der Waals surface area contributed by atoms with Crippen LogP contribution in [0.5, 0.6) is 0 Å².